The first-order chi connectivity index (χ1) is 17.0. The molecule has 0 saturated heterocycles. The van der Waals surface area contributed by atoms with Crippen molar-refractivity contribution < 1.29 is 19.2 Å². The molecule has 4 aromatic rings. The zero-order chi connectivity index (χ0) is 24.6. The van der Waals surface area contributed by atoms with Gasteiger partial charge in [-0.2, -0.15) is 5.10 Å². The second kappa shape index (κ2) is 10.7. The van der Waals surface area contributed by atoms with Crippen LogP contribution in [0.1, 0.15) is 15.9 Å². The Balaban J connectivity index is 1.35. The van der Waals surface area contributed by atoms with Gasteiger partial charge in [0.25, 0.3) is 11.6 Å². The van der Waals surface area contributed by atoms with Crippen LogP contribution in [0.4, 0.5) is 11.4 Å². The molecule has 0 unspecified atom stereocenters. The Kier molecular flexibility index (Phi) is 7.08. The predicted octanol–water partition coefficient (Wildman–Crippen LogP) is 4.53. The number of nitrogens with one attached hydrogen (secondary N) is 2. The summed E-state index contributed by atoms with van der Waals surface area (Å²) < 4.78 is 5.41. The third kappa shape index (κ3) is 5.85. The Morgan fingerprint density at radius 2 is 1.63 bits per heavy atom. The van der Waals surface area contributed by atoms with Crippen molar-refractivity contribution >= 4 is 40.2 Å². The number of carbonyl (C=O) groups excluding carboxylic acids is 2. The van der Waals surface area contributed by atoms with Crippen molar-refractivity contribution in [3.05, 3.63) is 112 Å². The smallest absolute Gasteiger partial charge is 0.343 e. The minimum Gasteiger partial charge on any atom is -0.422 e. The van der Waals surface area contributed by atoms with Gasteiger partial charge < -0.3 is 10.1 Å². The standard InChI is InChI=1S/C26H20N4O5/c31-25(17-27-23-10-5-8-18-6-1-3-9-22(18)23)29-28-16-20-7-2-4-11-24(20)35-26(32)19-12-14-21(15-13-19)30(33)34/h1-16,27H,17H2,(H,29,31)/b28-16+. The summed E-state index contributed by atoms with van der Waals surface area (Å²) in [4.78, 5) is 34.9. The molecular formula is C26H20N4O5. The molecule has 0 saturated carbocycles. The molecule has 0 aliphatic carbocycles. The van der Waals surface area contributed by atoms with Gasteiger partial charge in [0.15, 0.2) is 0 Å². The highest BCUT2D eigenvalue weighted by atomic mass is 16.6. The van der Waals surface area contributed by atoms with Crippen LogP contribution < -0.4 is 15.5 Å². The van der Waals surface area contributed by atoms with Crippen molar-refractivity contribution in [2.24, 2.45) is 5.10 Å². The molecule has 9 nitrogen and oxygen atoms in total. The van der Waals surface area contributed by atoms with E-state index < -0.39 is 10.9 Å². The van der Waals surface area contributed by atoms with Crippen molar-refractivity contribution in [1.82, 2.24) is 5.43 Å². The summed E-state index contributed by atoms with van der Waals surface area (Å²) in [5, 5.41) is 19.9. The lowest BCUT2D eigenvalue weighted by molar-refractivity contribution is -0.384. The van der Waals surface area contributed by atoms with E-state index in [0.717, 1.165) is 16.5 Å². The van der Waals surface area contributed by atoms with Crippen molar-refractivity contribution in [2.45, 2.75) is 0 Å². The van der Waals surface area contributed by atoms with Crippen LogP contribution in [-0.4, -0.2) is 29.6 Å². The summed E-state index contributed by atoms with van der Waals surface area (Å²) in [6.07, 6.45) is 1.37. The van der Waals surface area contributed by atoms with Gasteiger partial charge in [0.2, 0.25) is 0 Å². The van der Waals surface area contributed by atoms with E-state index in [1.54, 1.807) is 24.3 Å². The number of benzene rings is 4. The van der Waals surface area contributed by atoms with E-state index in [1.807, 2.05) is 42.5 Å². The summed E-state index contributed by atoms with van der Waals surface area (Å²) >= 11 is 0. The number of carbonyl (C=O) groups is 2. The number of non-ortho nitro benzene ring substituents is 1. The minimum absolute atomic E-state index is 0.0160. The zero-order valence-electron chi connectivity index (χ0n) is 18.4. The SMILES string of the molecule is O=C(CNc1cccc2ccccc12)N/N=C/c1ccccc1OC(=O)c1ccc([N+](=O)[O-])cc1. The molecule has 4 rings (SSSR count). The van der Waals surface area contributed by atoms with Crippen LogP contribution in [0.5, 0.6) is 5.75 Å². The third-order valence-corrected chi connectivity index (χ3v) is 5.06. The van der Waals surface area contributed by atoms with E-state index in [-0.39, 0.29) is 29.5 Å². The number of rotatable bonds is 8. The number of hydrogen-bond donors (Lipinski definition) is 2. The molecule has 9 heteroatoms. The molecule has 0 spiro atoms. The molecule has 174 valence electrons. The Morgan fingerprint density at radius 3 is 2.43 bits per heavy atom. The van der Waals surface area contributed by atoms with Gasteiger partial charge in [0, 0.05) is 28.8 Å². The Bertz CT molecular complexity index is 1410. The summed E-state index contributed by atoms with van der Waals surface area (Å²) in [5.41, 5.74) is 3.78. The number of esters is 1. The lowest BCUT2D eigenvalue weighted by Gasteiger charge is -2.09. The molecule has 0 fully saturated rings. The van der Waals surface area contributed by atoms with Crippen molar-refractivity contribution in [3.8, 4) is 5.75 Å². The van der Waals surface area contributed by atoms with Crippen LogP contribution in [0.15, 0.2) is 96.1 Å². The molecule has 0 bridgehead atoms. The fourth-order valence-corrected chi connectivity index (χ4v) is 3.33. The van der Waals surface area contributed by atoms with E-state index in [0.29, 0.717) is 5.56 Å². The van der Waals surface area contributed by atoms with Crippen molar-refractivity contribution in [2.75, 3.05) is 11.9 Å². The van der Waals surface area contributed by atoms with E-state index >= 15 is 0 Å². The largest absolute Gasteiger partial charge is 0.422 e. The van der Waals surface area contributed by atoms with E-state index in [2.05, 4.69) is 15.8 Å². The number of para-hydroxylation sites is 1. The average Bonchev–Trinajstić information content (AvgIpc) is 2.88. The maximum absolute atomic E-state index is 12.4. The number of ether oxygens (including phenoxy) is 1. The Hall–Kier alpha value is -5.05. The van der Waals surface area contributed by atoms with Crippen LogP contribution in [0.25, 0.3) is 10.8 Å². The normalized spacial score (nSPS) is 10.7. The topological polar surface area (TPSA) is 123 Å². The van der Waals surface area contributed by atoms with Crippen LogP contribution in [0.2, 0.25) is 0 Å². The molecule has 0 aliphatic rings. The zero-order valence-corrected chi connectivity index (χ0v) is 18.4. The van der Waals surface area contributed by atoms with Gasteiger partial charge >= 0.3 is 5.97 Å². The van der Waals surface area contributed by atoms with Crippen molar-refractivity contribution in [1.29, 1.82) is 0 Å². The molecule has 0 aliphatic heterocycles. The molecule has 2 N–H and O–H groups in total. The lowest BCUT2D eigenvalue weighted by atomic mass is 10.1. The molecule has 4 aromatic carbocycles. The van der Waals surface area contributed by atoms with Gasteiger partial charge in [-0.1, -0.05) is 48.5 Å². The first-order valence-corrected chi connectivity index (χ1v) is 10.6. The van der Waals surface area contributed by atoms with Crippen molar-refractivity contribution in [3.63, 3.8) is 0 Å². The summed E-state index contributed by atoms with van der Waals surface area (Å²) in [7, 11) is 0. The lowest BCUT2D eigenvalue weighted by Crippen LogP contribution is -2.26. The fourth-order valence-electron chi connectivity index (χ4n) is 3.33. The van der Waals surface area contributed by atoms with Gasteiger partial charge in [-0.15, -0.1) is 0 Å². The molecule has 0 radical (unpaired) electrons. The summed E-state index contributed by atoms with van der Waals surface area (Å²) in [6, 6.07) is 25.4. The number of amides is 1. The summed E-state index contributed by atoms with van der Waals surface area (Å²) in [6.45, 7) is 0.0160. The highest BCUT2D eigenvalue weighted by Crippen LogP contribution is 2.22. The number of hydrogen-bond acceptors (Lipinski definition) is 7. The average molecular weight is 468 g/mol. The van der Waals surface area contributed by atoms with E-state index in [4.69, 9.17) is 4.74 Å². The number of nitro groups is 1. The molecule has 35 heavy (non-hydrogen) atoms. The molecule has 0 atom stereocenters. The van der Waals surface area contributed by atoms with Gasteiger partial charge in [-0.25, -0.2) is 10.2 Å². The maximum atomic E-state index is 12.4. The quantitative estimate of drug-likeness (QED) is 0.129. The maximum Gasteiger partial charge on any atom is 0.343 e. The molecule has 0 heterocycles. The Morgan fingerprint density at radius 1 is 0.914 bits per heavy atom. The van der Waals surface area contributed by atoms with Crippen LogP contribution in [-0.2, 0) is 4.79 Å². The second-order valence-electron chi connectivity index (χ2n) is 7.40. The first-order valence-electron chi connectivity index (χ1n) is 10.6. The monoisotopic (exact) mass is 468 g/mol. The van der Waals surface area contributed by atoms with Gasteiger partial charge in [-0.3, -0.25) is 14.9 Å². The minimum atomic E-state index is -0.677. The number of fused-ring (bicyclic) bond motifs is 1. The highest BCUT2D eigenvalue weighted by Gasteiger charge is 2.13. The van der Waals surface area contributed by atoms with Gasteiger partial charge in [0.1, 0.15) is 5.75 Å². The Labute approximate surface area is 200 Å². The molecule has 0 aromatic heterocycles. The number of nitrogens with zero attached hydrogens (tertiary/aromatic N) is 2. The number of hydrazone groups is 1. The molecule has 1 amide bonds. The van der Waals surface area contributed by atoms with E-state index in [9.17, 15) is 19.7 Å². The van der Waals surface area contributed by atoms with Crippen LogP contribution in [0, 0.1) is 10.1 Å². The first kappa shape index (κ1) is 23.1. The van der Waals surface area contributed by atoms with Gasteiger partial charge in [0.05, 0.1) is 23.2 Å². The number of nitro benzene ring substituents is 1. The molecular weight excluding hydrogens is 448 g/mol. The fraction of sp³-hybridized carbons (Fsp3) is 0.0385. The second-order valence-corrected chi connectivity index (χ2v) is 7.40. The number of anilines is 1. The third-order valence-electron chi connectivity index (χ3n) is 5.06. The van der Waals surface area contributed by atoms with Crippen LogP contribution in [0.3, 0.4) is 0 Å². The summed E-state index contributed by atoms with van der Waals surface area (Å²) in [5.74, 6) is -0.804. The van der Waals surface area contributed by atoms with Gasteiger partial charge in [-0.05, 0) is 35.7 Å². The van der Waals surface area contributed by atoms with E-state index in [1.165, 1.54) is 30.5 Å². The predicted molar refractivity (Wildman–Crippen MR) is 133 cm³/mol. The highest BCUT2D eigenvalue weighted by molar-refractivity contribution is 5.96. The van der Waals surface area contributed by atoms with Crippen LogP contribution >= 0.6 is 0 Å².